The minimum absolute atomic E-state index is 0.0582. The van der Waals surface area contributed by atoms with Crippen LogP contribution < -0.4 is 0 Å². The van der Waals surface area contributed by atoms with E-state index in [4.69, 9.17) is 0 Å². The van der Waals surface area contributed by atoms with E-state index in [0.717, 1.165) is 62.0 Å². The summed E-state index contributed by atoms with van der Waals surface area (Å²) in [5.41, 5.74) is 1.05. The molecular weight excluding hydrogens is 301 g/mol. The van der Waals surface area contributed by atoms with E-state index in [1.54, 1.807) is 0 Å². The summed E-state index contributed by atoms with van der Waals surface area (Å²) in [7, 11) is 0. The molecule has 4 aliphatic carbocycles. The van der Waals surface area contributed by atoms with Crippen LogP contribution in [0.5, 0.6) is 0 Å². The zero-order chi connectivity index (χ0) is 16.3. The van der Waals surface area contributed by atoms with E-state index in [9.17, 15) is 9.18 Å². The lowest BCUT2D eigenvalue weighted by Gasteiger charge is -2.56. The first kappa shape index (κ1) is 14.9. The Labute approximate surface area is 143 Å². The number of amides is 1. The molecule has 0 unspecified atom stereocenters. The number of carbonyl (C=O) groups excluding carboxylic acids is 1. The third-order valence-electron chi connectivity index (χ3n) is 7.26. The predicted octanol–water partition coefficient (Wildman–Crippen LogP) is 4.71. The van der Waals surface area contributed by atoms with E-state index >= 15 is 0 Å². The van der Waals surface area contributed by atoms with Gasteiger partial charge in [0.25, 0.3) is 0 Å². The Morgan fingerprint density at radius 2 is 1.58 bits per heavy atom. The summed E-state index contributed by atoms with van der Waals surface area (Å²) in [6, 6.07) is 6.95. The van der Waals surface area contributed by atoms with Gasteiger partial charge in [-0.3, -0.25) is 4.79 Å². The van der Waals surface area contributed by atoms with Crippen molar-refractivity contribution in [2.75, 3.05) is 6.54 Å². The van der Waals surface area contributed by atoms with Crippen LogP contribution in [-0.2, 0) is 4.79 Å². The molecule has 2 nitrogen and oxygen atoms in total. The molecule has 0 N–H and O–H groups in total. The van der Waals surface area contributed by atoms with Crippen LogP contribution in [-0.4, -0.2) is 17.4 Å². The second-order valence-corrected chi connectivity index (χ2v) is 8.91. The second-order valence-electron chi connectivity index (χ2n) is 8.91. The van der Waals surface area contributed by atoms with Crippen LogP contribution in [0, 0.1) is 29.0 Å². The summed E-state index contributed by atoms with van der Waals surface area (Å²) in [6.45, 7) is 0.878. The fraction of sp³-hybridized carbons (Fsp3) is 0.667. The van der Waals surface area contributed by atoms with Crippen LogP contribution in [0.15, 0.2) is 24.3 Å². The summed E-state index contributed by atoms with van der Waals surface area (Å²) >= 11 is 0. The third-order valence-corrected chi connectivity index (χ3v) is 7.26. The van der Waals surface area contributed by atoms with E-state index in [0.29, 0.717) is 5.91 Å². The Bertz CT molecular complexity index is 617. The fourth-order valence-corrected chi connectivity index (χ4v) is 6.72. The van der Waals surface area contributed by atoms with Crippen LogP contribution in [0.4, 0.5) is 4.39 Å². The summed E-state index contributed by atoms with van der Waals surface area (Å²) < 4.78 is 13.3. The zero-order valence-electron chi connectivity index (χ0n) is 14.2. The molecule has 4 bridgehead atoms. The van der Waals surface area contributed by atoms with Gasteiger partial charge in [-0.1, -0.05) is 12.1 Å². The maximum Gasteiger partial charge on any atom is 0.229 e. The number of hydrogen-bond donors (Lipinski definition) is 0. The van der Waals surface area contributed by atoms with Gasteiger partial charge >= 0.3 is 0 Å². The summed E-state index contributed by atoms with van der Waals surface area (Å²) in [4.78, 5) is 15.8. The average molecular weight is 327 g/mol. The third kappa shape index (κ3) is 2.23. The molecule has 0 spiro atoms. The molecule has 1 atom stereocenters. The van der Waals surface area contributed by atoms with Crippen molar-refractivity contribution in [2.24, 2.45) is 23.2 Å². The van der Waals surface area contributed by atoms with Gasteiger partial charge in [0, 0.05) is 6.54 Å². The van der Waals surface area contributed by atoms with Crippen molar-refractivity contribution in [3.63, 3.8) is 0 Å². The van der Waals surface area contributed by atoms with Crippen LogP contribution >= 0.6 is 0 Å². The Balaban J connectivity index is 1.43. The highest BCUT2D eigenvalue weighted by Gasteiger charge is 2.56. The molecule has 0 radical (unpaired) electrons. The number of nitrogens with zero attached hydrogens (tertiary/aromatic N) is 1. The molecule has 5 aliphatic rings. The van der Waals surface area contributed by atoms with E-state index < -0.39 is 0 Å². The molecule has 0 aromatic heterocycles. The monoisotopic (exact) mass is 327 g/mol. The number of rotatable bonds is 2. The van der Waals surface area contributed by atoms with Crippen molar-refractivity contribution < 1.29 is 9.18 Å². The van der Waals surface area contributed by atoms with Gasteiger partial charge in [0.05, 0.1) is 11.5 Å². The molecule has 4 saturated carbocycles. The lowest BCUT2D eigenvalue weighted by atomic mass is 9.49. The molecular formula is C21H26FNO. The molecule has 1 saturated heterocycles. The van der Waals surface area contributed by atoms with Crippen LogP contribution in [0.3, 0.4) is 0 Å². The lowest BCUT2D eigenvalue weighted by Crippen LogP contribution is -2.54. The largest absolute Gasteiger partial charge is 0.335 e. The highest BCUT2D eigenvalue weighted by molar-refractivity contribution is 5.84. The van der Waals surface area contributed by atoms with Crippen molar-refractivity contribution >= 4 is 5.91 Å². The van der Waals surface area contributed by atoms with Crippen molar-refractivity contribution in [3.8, 4) is 0 Å². The first-order valence-corrected chi connectivity index (χ1v) is 9.69. The maximum atomic E-state index is 13.6. The predicted molar refractivity (Wildman–Crippen MR) is 90.7 cm³/mol. The average Bonchev–Trinajstić information content (AvgIpc) is 3.03. The Hall–Kier alpha value is -1.38. The molecule has 24 heavy (non-hydrogen) atoms. The number of carbonyl (C=O) groups is 1. The van der Waals surface area contributed by atoms with E-state index in [1.807, 2.05) is 12.1 Å². The minimum Gasteiger partial charge on any atom is -0.335 e. The molecule has 6 rings (SSSR count). The van der Waals surface area contributed by atoms with Crippen LogP contribution in [0.25, 0.3) is 0 Å². The van der Waals surface area contributed by atoms with Crippen LogP contribution in [0.1, 0.15) is 63.0 Å². The van der Waals surface area contributed by atoms with Gasteiger partial charge in [0.15, 0.2) is 0 Å². The Morgan fingerprint density at radius 3 is 2.17 bits per heavy atom. The first-order chi connectivity index (χ1) is 11.6. The summed E-state index contributed by atoms with van der Waals surface area (Å²) in [5, 5.41) is 0. The highest BCUT2D eigenvalue weighted by atomic mass is 19.1. The normalized spacial score (nSPS) is 40.3. The Morgan fingerprint density at radius 1 is 1.00 bits per heavy atom. The fourth-order valence-electron chi connectivity index (χ4n) is 6.72. The molecule has 1 amide bonds. The van der Waals surface area contributed by atoms with Gasteiger partial charge in [-0.25, -0.2) is 4.39 Å². The van der Waals surface area contributed by atoms with Crippen molar-refractivity contribution in [2.45, 2.75) is 57.4 Å². The topological polar surface area (TPSA) is 20.3 Å². The van der Waals surface area contributed by atoms with Gasteiger partial charge in [-0.15, -0.1) is 0 Å². The highest BCUT2D eigenvalue weighted by Crippen LogP contribution is 2.61. The standard InChI is InChI=1S/C21H26FNO/c22-18-5-3-17(4-6-18)19-2-1-7-23(19)20(24)21-11-14-8-15(12-21)10-16(9-14)13-21/h3-6,14-16,19H,1-2,7-13H2/t14?,15?,16?,19-,21?/m0/s1. The number of halogens is 1. The quantitative estimate of drug-likeness (QED) is 0.770. The van der Waals surface area contributed by atoms with E-state index in [1.165, 1.54) is 31.4 Å². The summed E-state index contributed by atoms with van der Waals surface area (Å²) in [6.07, 6.45) is 9.58. The molecule has 1 heterocycles. The SMILES string of the molecule is O=C(N1CCC[C@H]1c1ccc(F)cc1)C12CC3CC(CC(C3)C1)C2. The molecule has 1 aromatic carbocycles. The summed E-state index contributed by atoms with van der Waals surface area (Å²) in [5.74, 6) is 2.62. The van der Waals surface area contributed by atoms with Crippen LogP contribution in [0.2, 0.25) is 0 Å². The minimum atomic E-state index is -0.198. The van der Waals surface area contributed by atoms with E-state index in [-0.39, 0.29) is 17.3 Å². The Kier molecular flexibility index (Phi) is 3.30. The second kappa shape index (κ2) is 5.31. The smallest absolute Gasteiger partial charge is 0.229 e. The molecule has 1 aromatic rings. The van der Waals surface area contributed by atoms with Crippen molar-refractivity contribution in [1.29, 1.82) is 0 Å². The number of hydrogen-bond acceptors (Lipinski definition) is 1. The van der Waals surface area contributed by atoms with Crippen molar-refractivity contribution in [3.05, 3.63) is 35.6 Å². The van der Waals surface area contributed by atoms with Gasteiger partial charge in [-0.05, 0) is 86.8 Å². The van der Waals surface area contributed by atoms with Gasteiger partial charge in [-0.2, -0.15) is 0 Å². The zero-order valence-corrected chi connectivity index (χ0v) is 14.2. The van der Waals surface area contributed by atoms with Gasteiger partial charge < -0.3 is 4.90 Å². The molecule has 3 heteroatoms. The van der Waals surface area contributed by atoms with Gasteiger partial charge in [0.2, 0.25) is 5.91 Å². The van der Waals surface area contributed by atoms with Crippen molar-refractivity contribution in [1.82, 2.24) is 4.90 Å². The number of benzene rings is 1. The lowest BCUT2D eigenvalue weighted by molar-refractivity contribution is -0.158. The van der Waals surface area contributed by atoms with Gasteiger partial charge in [0.1, 0.15) is 5.82 Å². The maximum absolute atomic E-state index is 13.6. The first-order valence-electron chi connectivity index (χ1n) is 9.69. The van der Waals surface area contributed by atoms with E-state index in [2.05, 4.69) is 4.90 Å². The molecule has 5 fully saturated rings. The molecule has 128 valence electrons. The number of likely N-dealkylation sites (tertiary alicyclic amines) is 1. The molecule has 1 aliphatic heterocycles.